The molecule has 0 bridgehead atoms. The smallest absolute Gasteiger partial charge is 0.407 e. The van der Waals surface area contributed by atoms with Crippen LogP contribution in [0.1, 0.15) is 45.9 Å². The van der Waals surface area contributed by atoms with E-state index in [1.54, 1.807) is 11.0 Å². The molecule has 7 nitrogen and oxygen atoms in total. The second kappa shape index (κ2) is 7.09. The number of aromatic nitrogens is 3. The fourth-order valence-electron chi connectivity index (χ4n) is 2.77. The van der Waals surface area contributed by atoms with Gasteiger partial charge in [-0.1, -0.05) is 6.42 Å². The monoisotopic (exact) mass is 309 g/mol. The maximum Gasteiger partial charge on any atom is 0.407 e. The molecule has 1 aromatic heterocycles. The summed E-state index contributed by atoms with van der Waals surface area (Å²) >= 11 is 0. The van der Waals surface area contributed by atoms with Crippen molar-refractivity contribution in [3.05, 3.63) is 12.2 Å². The van der Waals surface area contributed by atoms with E-state index in [1.165, 1.54) is 6.42 Å². The van der Waals surface area contributed by atoms with E-state index < -0.39 is 5.60 Å². The van der Waals surface area contributed by atoms with Crippen molar-refractivity contribution in [1.29, 1.82) is 0 Å². The Bertz CT molecular complexity index is 494. The lowest BCUT2D eigenvalue weighted by Crippen LogP contribution is -2.40. The molecular weight excluding hydrogens is 282 g/mol. The normalized spacial score (nSPS) is 21.8. The van der Waals surface area contributed by atoms with Crippen LogP contribution in [-0.2, 0) is 18.3 Å². The lowest BCUT2D eigenvalue weighted by Gasteiger charge is -2.23. The van der Waals surface area contributed by atoms with E-state index in [2.05, 4.69) is 20.7 Å². The Labute approximate surface area is 131 Å². The minimum absolute atomic E-state index is 0.343. The molecule has 0 saturated heterocycles. The molecule has 7 heteroatoms. The van der Waals surface area contributed by atoms with E-state index in [-0.39, 0.29) is 6.09 Å². The van der Waals surface area contributed by atoms with E-state index in [1.807, 2.05) is 27.8 Å². The number of alkyl carbamates (subject to hydrolysis) is 1. The summed E-state index contributed by atoms with van der Waals surface area (Å²) in [6.45, 7) is 6.90. The van der Waals surface area contributed by atoms with Gasteiger partial charge in [-0.15, -0.1) is 0 Å². The highest BCUT2D eigenvalue weighted by molar-refractivity contribution is 5.67. The molecule has 0 radical (unpaired) electrons. The summed E-state index contributed by atoms with van der Waals surface area (Å²) < 4.78 is 6.97. The molecule has 0 aliphatic heterocycles. The number of carbonyl (C=O) groups excluding carboxylic acids is 1. The molecule has 124 valence electrons. The van der Waals surface area contributed by atoms with Gasteiger partial charge in [-0.05, 0) is 39.5 Å². The number of hydrogen-bond acceptors (Lipinski definition) is 5. The van der Waals surface area contributed by atoms with Crippen LogP contribution < -0.4 is 10.6 Å². The molecule has 2 rings (SSSR count). The van der Waals surface area contributed by atoms with Gasteiger partial charge in [0.05, 0.1) is 6.54 Å². The summed E-state index contributed by atoms with van der Waals surface area (Å²) in [6.07, 6.45) is 4.77. The average Bonchev–Trinajstić information content (AvgIpc) is 3.00. The number of ether oxygens (including phenoxy) is 1. The van der Waals surface area contributed by atoms with Crippen LogP contribution in [0.5, 0.6) is 0 Å². The summed E-state index contributed by atoms with van der Waals surface area (Å²) in [6, 6.07) is 0.388. The number of nitrogens with zero attached hydrogens (tertiary/aromatic N) is 3. The van der Waals surface area contributed by atoms with Crippen molar-refractivity contribution in [3.63, 3.8) is 0 Å². The van der Waals surface area contributed by atoms with Crippen molar-refractivity contribution >= 4 is 6.09 Å². The van der Waals surface area contributed by atoms with Crippen LogP contribution in [0.25, 0.3) is 0 Å². The number of aryl methyl sites for hydroxylation is 1. The Hall–Kier alpha value is -1.63. The van der Waals surface area contributed by atoms with Crippen molar-refractivity contribution < 1.29 is 9.53 Å². The summed E-state index contributed by atoms with van der Waals surface area (Å²) in [5.41, 5.74) is -0.456. The highest BCUT2D eigenvalue weighted by Crippen LogP contribution is 2.25. The van der Waals surface area contributed by atoms with Gasteiger partial charge in [0, 0.05) is 19.6 Å². The molecule has 0 spiro atoms. The van der Waals surface area contributed by atoms with E-state index in [0.717, 1.165) is 18.7 Å². The number of rotatable bonds is 5. The second-order valence-corrected chi connectivity index (χ2v) is 6.90. The summed E-state index contributed by atoms with van der Waals surface area (Å²) in [5.74, 6) is 1.23. The minimum atomic E-state index is -0.456. The van der Waals surface area contributed by atoms with Gasteiger partial charge in [0.25, 0.3) is 0 Å². The van der Waals surface area contributed by atoms with Crippen LogP contribution in [0.2, 0.25) is 0 Å². The largest absolute Gasteiger partial charge is 0.444 e. The third-order valence-electron chi connectivity index (χ3n) is 3.74. The molecular formula is C15H27N5O2. The SMILES string of the molecule is Cn1cnc(CNC2CCCC2CNC(=O)OC(C)(C)C)n1. The molecule has 2 N–H and O–H groups in total. The predicted octanol–water partition coefficient (Wildman–Crippen LogP) is 1.60. The van der Waals surface area contributed by atoms with Crippen LogP contribution in [0.3, 0.4) is 0 Å². The van der Waals surface area contributed by atoms with Gasteiger partial charge in [0.2, 0.25) is 0 Å². The Morgan fingerprint density at radius 1 is 1.45 bits per heavy atom. The molecule has 0 aromatic carbocycles. The van der Waals surface area contributed by atoms with Gasteiger partial charge in [-0.2, -0.15) is 5.10 Å². The fraction of sp³-hybridized carbons (Fsp3) is 0.800. The van der Waals surface area contributed by atoms with E-state index in [9.17, 15) is 4.79 Å². The Kier molecular flexibility index (Phi) is 5.39. The Balaban J connectivity index is 1.74. The van der Waals surface area contributed by atoms with Crippen LogP contribution >= 0.6 is 0 Å². The highest BCUT2D eigenvalue weighted by atomic mass is 16.6. The maximum atomic E-state index is 11.7. The van der Waals surface area contributed by atoms with E-state index in [0.29, 0.717) is 25.0 Å². The van der Waals surface area contributed by atoms with Gasteiger partial charge in [0.1, 0.15) is 11.9 Å². The Morgan fingerprint density at radius 3 is 2.86 bits per heavy atom. The first-order chi connectivity index (χ1) is 10.3. The number of carbonyl (C=O) groups is 1. The van der Waals surface area contributed by atoms with Gasteiger partial charge in [-0.25, -0.2) is 9.78 Å². The molecule has 1 aromatic rings. The molecule has 2 unspecified atom stereocenters. The molecule has 1 aliphatic carbocycles. The van der Waals surface area contributed by atoms with Crippen LogP contribution in [0, 0.1) is 5.92 Å². The third-order valence-corrected chi connectivity index (χ3v) is 3.74. The Morgan fingerprint density at radius 2 is 2.23 bits per heavy atom. The highest BCUT2D eigenvalue weighted by Gasteiger charge is 2.28. The lowest BCUT2D eigenvalue weighted by atomic mass is 10.0. The van der Waals surface area contributed by atoms with Crippen molar-refractivity contribution in [3.8, 4) is 0 Å². The third kappa shape index (κ3) is 5.29. The molecule has 2 atom stereocenters. The standard InChI is InChI=1S/C15H27N5O2/c1-15(2,3)22-14(21)17-8-11-6-5-7-12(11)16-9-13-18-10-20(4)19-13/h10-12,16H,5-9H2,1-4H3,(H,17,21). The van der Waals surface area contributed by atoms with E-state index >= 15 is 0 Å². The molecule has 1 amide bonds. The first kappa shape index (κ1) is 16.7. The van der Waals surface area contributed by atoms with Crippen molar-refractivity contribution in [2.75, 3.05) is 6.54 Å². The minimum Gasteiger partial charge on any atom is -0.444 e. The first-order valence-electron chi connectivity index (χ1n) is 7.88. The second-order valence-electron chi connectivity index (χ2n) is 6.90. The first-order valence-corrected chi connectivity index (χ1v) is 7.88. The zero-order chi connectivity index (χ0) is 16.2. The average molecular weight is 309 g/mol. The number of hydrogen-bond donors (Lipinski definition) is 2. The lowest BCUT2D eigenvalue weighted by molar-refractivity contribution is 0.0517. The van der Waals surface area contributed by atoms with Crippen molar-refractivity contribution in [1.82, 2.24) is 25.4 Å². The zero-order valence-corrected chi connectivity index (χ0v) is 13.9. The maximum absolute atomic E-state index is 11.7. The van der Waals surface area contributed by atoms with Crippen molar-refractivity contribution in [2.45, 2.75) is 58.2 Å². The molecule has 1 fully saturated rings. The van der Waals surface area contributed by atoms with Gasteiger partial charge >= 0.3 is 6.09 Å². The van der Waals surface area contributed by atoms with Crippen molar-refractivity contribution in [2.24, 2.45) is 13.0 Å². The number of amides is 1. The fourth-order valence-corrected chi connectivity index (χ4v) is 2.77. The molecule has 1 aliphatic rings. The van der Waals surface area contributed by atoms with Crippen LogP contribution in [0.15, 0.2) is 6.33 Å². The van der Waals surface area contributed by atoms with Crippen LogP contribution in [0.4, 0.5) is 4.79 Å². The summed E-state index contributed by atoms with van der Waals surface area (Å²) in [7, 11) is 1.86. The van der Waals surface area contributed by atoms with Gasteiger partial charge in [0.15, 0.2) is 5.82 Å². The summed E-state index contributed by atoms with van der Waals surface area (Å²) in [5, 5.41) is 10.6. The van der Waals surface area contributed by atoms with E-state index in [4.69, 9.17) is 4.74 Å². The van der Waals surface area contributed by atoms with Crippen LogP contribution in [-0.4, -0.2) is 39.0 Å². The topological polar surface area (TPSA) is 81.1 Å². The zero-order valence-electron chi connectivity index (χ0n) is 13.9. The molecule has 1 saturated carbocycles. The molecule has 22 heavy (non-hydrogen) atoms. The van der Waals surface area contributed by atoms with Gasteiger partial charge < -0.3 is 15.4 Å². The molecule has 1 heterocycles. The summed E-state index contributed by atoms with van der Waals surface area (Å²) in [4.78, 5) is 15.9. The predicted molar refractivity (Wildman–Crippen MR) is 83.2 cm³/mol. The number of nitrogens with one attached hydrogen (secondary N) is 2. The quantitative estimate of drug-likeness (QED) is 0.863. The van der Waals surface area contributed by atoms with Gasteiger partial charge in [-0.3, -0.25) is 4.68 Å².